The summed E-state index contributed by atoms with van der Waals surface area (Å²) in [5.74, 6) is 1.24. The zero-order valence-corrected chi connectivity index (χ0v) is 21.1. The van der Waals surface area contributed by atoms with Gasteiger partial charge in [-0.2, -0.15) is 9.40 Å². The Morgan fingerprint density at radius 2 is 1.82 bits per heavy atom. The largest absolute Gasteiger partial charge is 0.491 e. The highest BCUT2D eigenvalue weighted by Crippen LogP contribution is 2.27. The third-order valence-electron chi connectivity index (χ3n) is 5.99. The Bertz CT molecular complexity index is 1050. The molecule has 2 aromatic rings. The van der Waals surface area contributed by atoms with E-state index >= 15 is 0 Å². The van der Waals surface area contributed by atoms with Crippen LogP contribution >= 0.6 is 0 Å². The van der Waals surface area contributed by atoms with E-state index in [0.29, 0.717) is 43.5 Å². The monoisotopic (exact) mass is 476 g/mol. The third kappa shape index (κ3) is 6.35. The normalized spacial score (nSPS) is 15.7. The lowest BCUT2D eigenvalue weighted by atomic mass is 10.0. The molecule has 1 saturated heterocycles. The van der Waals surface area contributed by atoms with Gasteiger partial charge in [0.2, 0.25) is 15.9 Å². The van der Waals surface area contributed by atoms with Crippen LogP contribution in [-0.4, -0.2) is 47.6 Å². The van der Waals surface area contributed by atoms with E-state index in [4.69, 9.17) is 4.74 Å². The molecule has 3 rings (SSSR count). The molecule has 1 N–H and O–H groups in total. The van der Waals surface area contributed by atoms with E-state index in [1.165, 1.54) is 0 Å². The molecule has 1 amide bonds. The van der Waals surface area contributed by atoms with E-state index < -0.39 is 10.0 Å². The molecule has 1 aliphatic heterocycles. The molecule has 0 radical (unpaired) electrons. The van der Waals surface area contributed by atoms with Gasteiger partial charge in [-0.15, -0.1) is 0 Å². The number of rotatable bonds is 9. The Morgan fingerprint density at radius 3 is 2.42 bits per heavy atom. The fraction of sp³-hybridized carbons (Fsp3) is 0.583. The van der Waals surface area contributed by atoms with E-state index in [2.05, 4.69) is 17.3 Å². The number of carbonyl (C=O) groups excluding carboxylic acids is 1. The van der Waals surface area contributed by atoms with Crippen LogP contribution in [0.3, 0.4) is 0 Å². The molecule has 0 unspecified atom stereocenters. The Morgan fingerprint density at radius 1 is 1.18 bits per heavy atom. The van der Waals surface area contributed by atoms with Crippen LogP contribution in [-0.2, 0) is 27.9 Å². The average molecular weight is 477 g/mol. The van der Waals surface area contributed by atoms with Crippen molar-refractivity contribution in [3.63, 3.8) is 0 Å². The highest BCUT2D eigenvalue weighted by atomic mass is 32.2. The van der Waals surface area contributed by atoms with Crippen molar-refractivity contribution in [1.82, 2.24) is 19.4 Å². The second-order valence-corrected chi connectivity index (χ2v) is 11.0. The third-order valence-corrected chi connectivity index (χ3v) is 8.14. The Balaban J connectivity index is 1.57. The summed E-state index contributed by atoms with van der Waals surface area (Å²) in [4.78, 5) is 12.7. The Labute approximate surface area is 197 Å². The lowest BCUT2D eigenvalue weighted by molar-refractivity contribution is -0.121. The summed E-state index contributed by atoms with van der Waals surface area (Å²) < 4.78 is 35.3. The molecule has 182 valence electrons. The van der Waals surface area contributed by atoms with Gasteiger partial charge in [-0.25, -0.2) is 8.42 Å². The molecule has 0 spiro atoms. The molecule has 2 heterocycles. The van der Waals surface area contributed by atoms with Crippen molar-refractivity contribution in [2.45, 2.75) is 78.0 Å². The van der Waals surface area contributed by atoms with E-state index in [0.717, 1.165) is 24.2 Å². The number of ether oxygens (including phenoxy) is 1. The number of amides is 1. The zero-order valence-electron chi connectivity index (χ0n) is 20.3. The fourth-order valence-electron chi connectivity index (χ4n) is 4.08. The van der Waals surface area contributed by atoms with Crippen LogP contribution in [0.1, 0.15) is 57.0 Å². The second kappa shape index (κ2) is 10.7. The van der Waals surface area contributed by atoms with Gasteiger partial charge in [-0.05, 0) is 64.2 Å². The average Bonchev–Trinajstić information content (AvgIpc) is 3.05. The van der Waals surface area contributed by atoms with Gasteiger partial charge in [-0.3, -0.25) is 9.48 Å². The maximum absolute atomic E-state index is 13.2. The summed E-state index contributed by atoms with van der Waals surface area (Å²) in [7, 11) is -3.58. The molecule has 1 aromatic carbocycles. The van der Waals surface area contributed by atoms with Crippen molar-refractivity contribution >= 4 is 15.9 Å². The van der Waals surface area contributed by atoms with Crippen molar-refractivity contribution in [3.05, 3.63) is 41.2 Å². The Hall–Kier alpha value is -2.39. The summed E-state index contributed by atoms with van der Waals surface area (Å²) >= 11 is 0. The highest BCUT2D eigenvalue weighted by Gasteiger charge is 2.32. The number of piperidine rings is 1. The van der Waals surface area contributed by atoms with Gasteiger partial charge in [0.05, 0.1) is 24.0 Å². The van der Waals surface area contributed by atoms with Crippen molar-refractivity contribution in [3.8, 4) is 5.75 Å². The van der Waals surface area contributed by atoms with E-state index in [9.17, 15) is 13.2 Å². The van der Waals surface area contributed by atoms with Gasteiger partial charge in [0, 0.05) is 26.1 Å². The van der Waals surface area contributed by atoms with Gasteiger partial charge in [-0.1, -0.05) is 19.1 Å². The number of aromatic nitrogens is 2. The summed E-state index contributed by atoms with van der Waals surface area (Å²) in [6, 6.07) is 7.64. The van der Waals surface area contributed by atoms with Crippen LogP contribution < -0.4 is 10.1 Å². The molecular weight excluding hydrogens is 440 g/mol. The zero-order chi connectivity index (χ0) is 24.2. The molecule has 1 fully saturated rings. The van der Waals surface area contributed by atoms with Crippen LogP contribution in [0.2, 0.25) is 0 Å². The molecule has 0 aliphatic carbocycles. The number of aryl methyl sites for hydroxylation is 2. The van der Waals surface area contributed by atoms with Crippen LogP contribution in [0.15, 0.2) is 29.2 Å². The van der Waals surface area contributed by atoms with Crippen LogP contribution in [0.25, 0.3) is 0 Å². The molecule has 0 saturated carbocycles. The Kier molecular flexibility index (Phi) is 8.18. The van der Waals surface area contributed by atoms with E-state index in [1.807, 2.05) is 38.1 Å². The topological polar surface area (TPSA) is 93.5 Å². The van der Waals surface area contributed by atoms with Crippen LogP contribution in [0, 0.1) is 19.8 Å². The standard InChI is InChI=1S/C24H36N4O4S/c1-17(2)32-22-8-6-21(7-9-22)16-25-23(29)12-15-28-20(5)24(19(4)26-28)33(30,31)27-13-10-18(3)11-14-27/h6-9,17-18H,10-16H2,1-5H3,(H,25,29). The van der Waals surface area contributed by atoms with Crippen molar-refractivity contribution in [1.29, 1.82) is 0 Å². The number of carbonyl (C=O) groups is 1. The molecule has 0 bridgehead atoms. The van der Waals surface area contributed by atoms with Crippen molar-refractivity contribution in [2.75, 3.05) is 13.1 Å². The predicted molar refractivity (Wildman–Crippen MR) is 128 cm³/mol. The summed E-state index contributed by atoms with van der Waals surface area (Å²) in [5, 5.41) is 7.34. The molecule has 0 atom stereocenters. The van der Waals surface area contributed by atoms with E-state index in [1.54, 1.807) is 22.8 Å². The maximum Gasteiger partial charge on any atom is 0.246 e. The lowest BCUT2D eigenvalue weighted by Gasteiger charge is -2.29. The summed E-state index contributed by atoms with van der Waals surface area (Å²) in [5.41, 5.74) is 2.05. The second-order valence-electron chi connectivity index (χ2n) is 9.15. The van der Waals surface area contributed by atoms with Gasteiger partial charge in [0.1, 0.15) is 10.6 Å². The number of nitrogens with one attached hydrogen (secondary N) is 1. The number of sulfonamides is 1. The predicted octanol–water partition coefficient (Wildman–Crippen LogP) is 3.41. The molecule has 33 heavy (non-hydrogen) atoms. The molecular formula is C24H36N4O4S. The summed E-state index contributed by atoms with van der Waals surface area (Å²) in [6.45, 7) is 11.4. The number of hydrogen-bond donors (Lipinski definition) is 1. The molecule has 8 nitrogen and oxygen atoms in total. The van der Waals surface area contributed by atoms with Crippen LogP contribution in [0.4, 0.5) is 0 Å². The van der Waals surface area contributed by atoms with E-state index in [-0.39, 0.29) is 23.3 Å². The molecule has 1 aliphatic rings. The summed E-state index contributed by atoms with van der Waals surface area (Å²) in [6.07, 6.45) is 2.08. The number of nitrogens with zero attached hydrogens (tertiary/aromatic N) is 3. The SMILES string of the molecule is Cc1nn(CCC(=O)NCc2ccc(OC(C)C)cc2)c(C)c1S(=O)(=O)N1CCC(C)CC1. The quantitative estimate of drug-likeness (QED) is 0.599. The van der Waals surface area contributed by atoms with Crippen molar-refractivity contribution in [2.24, 2.45) is 5.92 Å². The first-order valence-corrected chi connectivity index (χ1v) is 13.1. The first-order valence-electron chi connectivity index (χ1n) is 11.6. The minimum absolute atomic E-state index is 0.112. The number of hydrogen-bond acceptors (Lipinski definition) is 5. The van der Waals surface area contributed by atoms with Gasteiger partial charge >= 0.3 is 0 Å². The molecule has 9 heteroatoms. The van der Waals surface area contributed by atoms with Crippen molar-refractivity contribution < 1.29 is 17.9 Å². The smallest absolute Gasteiger partial charge is 0.246 e. The lowest BCUT2D eigenvalue weighted by Crippen LogP contribution is -2.38. The molecule has 1 aromatic heterocycles. The van der Waals surface area contributed by atoms with Gasteiger partial charge in [0.25, 0.3) is 0 Å². The highest BCUT2D eigenvalue weighted by molar-refractivity contribution is 7.89. The van der Waals surface area contributed by atoms with Gasteiger partial charge in [0.15, 0.2) is 0 Å². The minimum atomic E-state index is -3.58. The number of benzene rings is 1. The van der Waals surface area contributed by atoms with Crippen LogP contribution in [0.5, 0.6) is 5.75 Å². The first kappa shape index (κ1) is 25.2. The fourth-order valence-corrected chi connectivity index (χ4v) is 5.92. The first-order chi connectivity index (χ1) is 15.6. The maximum atomic E-state index is 13.2. The minimum Gasteiger partial charge on any atom is -0.491 e. The van der Waals surface area contributed by atoms with Gasteiger partial charge < -0.3 is 10.1 Å².